The number of carbonyl (C=O) groups is 2. The summed E-state index contributed by atoms with van der Waals surface area (Å²) >= 11 is 3.10. The molecule has 0 bridgehead atoms. The summed E-state index contributed by atoms with van der Waals surface area (Å²) < 4.78 is 0.467. The van der Waals surface area contributed by atoms with Gasteiger partial charge in [0.2, 0.25) is 0 Å². The van der Waals surface area contributed by atoms with Gasteiger partial charge in [-0.25, -0.2) is 9.78 Å². The molecular weight excluding hydrogens is 292 g/mol. The lowest BCUT2D eigenvalue weighted by atomic mass is 10.1. The summed E-state index contributed by atoms with van der Waals surface area (Å²) in [4.78, 5) is 26.3. The average molecular weight is 303 g/mol. The molecule has 7 heteroatoms. The number of nitrogens with one attached hydrogen (secondary N) is 1. The molecule has 0 radical (unpaired) electrons. The Morgan fingerprint density at radius 3 is 2.65 bits per heavy atom. The van der Waals surface area contributed by atoms with Crippen LogP contribution in [0.25, 0.3) is 0 Å². The monoisotopic (exact) mass is 302 g/mol. The Kier molecular flexibility index (Phi) is 4.59. The van der Waals surface area contributed by atoms with Crippen LogP contribution in [-0.2, 0) is 4.79 Å². The fourth-order valence-corrected chi connectivity index (χ4v) is 1.52. The second-order valence-electron chi connectivity index (χ2n) is 3.40. The number of halogens is 1. The van der Waals surface area contributed by atoms with Crippen molar-refractivity contribution in [1.29, 1.82) is 0 Å². The third-order valence-corrected chi connectivity index (χ3v) is 2.46. The minimum Gasteiger partial charge on any atom is -0.480 e. The highest BCUT2D eigenvalue weighted by Crippen LogP contribution is 2.08. The maximum absolute atomic E-state index is 11.7. The molecule has 17 heavy (non-hydrogen) atoms. The summed E-state index contributed by atoms with van der Waals surface area (Å²) in [5.74, 6) is -1.87. The second-order valence-corrected chi connectivity index (χ2v) is 4.21. The summed E-state index contributed by atoms with van der Waals surface area (Å²) in [5, 5.41) is 20.2. The molecule has 1 amide bonds. The van der Waals surface area contributed by atoms with Gasteiger partial charge in [-0.3, -0.25) is 4.79 Å². The van der Waals surface area contributed by atoms with Crippen LogP contribution in [0.3, 0.4) is 0 Å². The number of carboxylic acids is 1. The summed E-state index contributed by atoms with van der Waals surface area (Å²) in [7, 11) is 0. The Morgan fingerprint density at radius 2 is 2.18 bits per heavy atom. The van der Waals surface area contributed by atoms with Gasteiger partial charge in [0, 0.05) is 11.8 Å². The smallest absolute Gasteiger partial charge is 0.328 e. The Hall–Kier alpha value is -1.47. The molecule has 2 unspecified atom stereocenters. The number of aliphatic hydroxyl groups is 1. The Morgan fingerprint density at radius 1 is 1.53 bits per heavy atom. The van der Waals surface area contributed by atoms with Gasteiger partial charge in [0.15, 0.2) is 6.04 Å². The maximum Gasteiger partial charge on any atom is 0.328 e. The SMILES string of the molecule is CC(O)C(NC(=O)c1ccnc(Br)c1)C(=O)O. The van der Waals surface area contributed by atoms with Crippen LogP contribution in [0.15, 0.2) is 22.9 Å². The molecule has 3 N–H and O–H groups in total. The molecule has 0 spiro atoms. The number of aromatic nitrogens is 1. The Balaban J connectivity index is 2.81. The van der Waals surface area contributed by atoms with E-state index in [1.807, 2.05) is 0 Å². The molecule has 0 aliphatic heterocycles. The number of rotatable bonds is 4. The number of carbonyl (C=O) groups excluding carboxylic acids is 1. The Labute approximate surface area is 106 Å². The van der Waals surface area contributed by atoms with Crippen LogP contribution in [0.5, 0.6) is 0 Å². The lowest BCUT2D eigenvalue weighted by Crippen LogP contribution is -2.47. The molecule has 92 valence electrons. The van der Waals surface area contributed by atoms with Crippen molar-refractivity contribution in [3.63, 3.8) is 0 Å². The minimum absolute atomic E-state index is 0.263. The average Bonchev–Trinajstić information content (AvgIpc) is 2.24. The van der Waals surface area contributed by atoms with E-state index in [2.05, 4.69) is 26.2 Å². The maximum atomic E-state index is 11.7. The van der Waals surface area contributed by atoms with Crippen molar-refractivity contribution in [2.75, 3.05) is 0 Å². The van der Waals surface area contributed by atoms with E-state index in [0.29, 0.717) is 4.60 Å². The number of amides is 1. The highest BCUT2D eigenvalue weighted by molar-refractivity contribution is 9.10. The lowest BCUT2D eigenvalue weighted by Gasteiger charge is -2.16. The van der Waals surface area contributed by atoms with Gasteiger partial charge < -0.3 is 15.5 Å². The van der Waals surface area contributed by atoms with Crippen LogP contribution >= 0.6 is 15.9 Å². The van der Waals surface area contributed by atoms with Crippen molar-refractivity contribution in [3.05, 3.63) is 28.5 Å². The molecule has 2 atom stereocenters. The minimum atomic E-state index is -1.34. The molecule has 1 heterocycles. The number of nitrogens with zero attached hydrogens (tertiary/aromatic N) is 1. The van der Waals surface area contributed by atoms with Gasteiger partial charge in [-0.2, -0.15) is 0 Å². The van der Waals surface area contributed by atoms with Crippen molar-refractivity contribution >= 4 is 27.8 Å². The van der Waals surface area contributed by atoms with E-state index in [-0.39, 0.29) is 5.56 Å². The van der Waals surface area contributed by atoms with Gasteiger partial charge in [-0.1, -0.05) is 0 Å². The second kappa shape index (κ2) is 5.74. The first-order valence-electron chi connectivity index (χ1n) is 4.75. The van der Waals surface area contributed by atoms with Crippen molar-refractivity contribution in [2.45, 2.75) is 19.1 Å². The van der Waals surface area contributed by atoms with E-state index in [0.717, 1.165) is 0 Å². The van der Waals surface area contributed by atoms with Gasteiger partial charge in [0.1, 0.15) is 4.60 Å². The fourth-order valence-electron chi connectivity index (χ4n) is 1.16. The van der Waals surface area contributed by atoms with Crippen LogP contribution in [0.1, 0.15) is 17.3 Å². The molecule has 0 aliphatic carbocycles. The predicted octanol–water partition coefficient (Wildman–Crippen LogP) is 0.408. The molecule has 0 saturated heterocycles. The number of carboxylic acid groups (broad SMARTS) is 1. The molecular formula is C10H11BrN2O4. The van der Waals surface area contributed by atoms with E-state index >= 15 is 0 Å². The summed E-state index contributed by atoms with van der Waals surface area (Å²) in [6, 6.07) is 1.56. The largest absolute Gasteiger partial charge is 0.480 e. The highest BCUT2D eigenvalue weighted by atomic mass is 79.9. The zero-order chi connectivity index (χ0) is 13.0. The lowest BCUT2D eigenvalue weighted by molar-refractivity contribution is -0.141. The quantitative estimate of drug-likeness (QED) is 0.700. The van der Waals surface area contributed by atoms with Crippen molar-refractivity contribution in [3.8, 4) is 0 Å². The van der Waals surface area contributed by atoms with Crippen LogP contribution in [0.4, 0.5) is 0 Å². The van der Waals surface area contributed by atoms with Crippen LogP contribution in [0, 0.1) is 0 Å². The molecule has 1 aromatic heterocycles. The zero-order valence-electron chi connectivity index (χ0n) is 8.92. The van der Waals surface area contributed by atoms with Crippen molar-refractivity contribution < 1.29 is 19.8 Å². The standard InChI is InChI=1S/C10H11BrN2O4/c1-5(14)8(10(16)17)13-9(15)6-2-3-12-7(11)4-6/h2-5,8,14H,1H3,(H,13,15)(H,16,17). The van der Waals surface area contributed by atoms with E-state index in [1.165, 1.54) is 25.3 Å². The van der Waals surface area contributed by atoms with Crippen LogP contribution in [-0.4, -0.2) is 39.2 Å². The van der Waals surface area contributed by atoms with Gasteiger partial charge in [0.05, 0.1) is 6.10 Å². The number of aliphatic hydroxyl groups excluding tert-OH is 1. The molecule has 0 saturated carbocycles. The van der Waals surface area contributed by atoms with Crippen LogP contribution in [0.2, 0.25) is 0 Å². The molecule has 6 nitrogen and oxygen atoms in total. The number of hydrogen-bond acceptors (Lipinski definition) is 4. The van der Waals surface area contributed by atoms with Gasteiger partial charge >= 0.3 is 5.97 Å². The van der Waals surface area contributed by atoms with E-state index in [1.54, 1.807) is 0 Å². The Bertz CT molecular complexity index is 436. The highest BCUT2D eigenvalue weighted by Gasteiger charge is 2.25. The molecule has 0 aromatic carbocycles. The van der Waals surface area contributed by atoms with Gasteiger partial charge in [-0.05, 0) is 35.0 Å². The molecule has 1 rings (SSSR count). The van der Waals surface area contributed by atoms with Crippen LogP contribution < -0.4 is 5.32 Å². The van der Waals surface area contributed by atoms with E-state index < -0.39 is 24.0 Å². The number of hydrogen-bond donors (Lipinski definition) is 3. The number of aliphatic carboxylic acids is 1. The third kappa shape index (κ3) is 3.79. The fraction of sp³-hybridized carbons (Fsp3) is 0.300. The third-order valence-electron chi connectivity index (χ3n) is 2.02. The van der Waals surface area contributed by atoms with Gasteiger partial charge in [0.25, 0.3) is 5.91 Å². The van der Waals surface area contributed by atoms with E-state index in [9.17, 15) is 14.7 Å². The van der Waals surface area contributed by atoms with Crippen molar-refractivity contribution in [2.24, 2.45) is 0 Å². The topological polar surface area (TPSA) is 99.5 Å². The summed E-state index contributed by atoms with van der Waals surface area (Å²) in [5.41, 5.74) is 0.263. The molecule has 0 fully saturated rings. The first-order valence-corrected chi connectivity index (χ1v) is 5.54. The van der Waals surface area contributed by atoms with Crippen molar-refractivity contribution in [1.82, 2.24) is 10.3 Å². The predicted molar refractivity (Wildman–Crippen MR) is 62.5 cm³/mol. The van der Waals surface area contributed by atoms with Gasteiger partial charge in [-0.15, -0.1) is 0 Å². The first-order chi connectivity index (χ1) is 7.91. The summed E-state index contributed by atoms with van der Waals surface area (Å²) in [6.07, 6.45) is 0.235. The van der Waals surface area contributed by atoms with E-state index in [4.69, 9.17) is 5.11 Å². The molecule has 0 aliphatic rings. The normalized spacial score (nSPS) is 13.8. The number of pyridine rings is 1. The zero-order valence-corrected chi connectivity index (χ0v) is 10.5. The summed E-state index contributed by atoms with van der Waals surface area (Å²) in [6.45, 7) is 1.29. The first kappa shape index (κ1) is 13.6. The molecule has 1 aromatic rings.